The van der Waals surface area contributed by atoms with Gasteiger partial charge in [0.25, 0.3) is 0 Å². The first-order valence-electron chi connectivity index (χ1n) is 7.69. The minimum atomic E-state index is -0.459. The van der Waals surface area contributed by atoms with Crippen LogP contribution in [0, 0.1) is 17.2 Å². The lowest BCUT2D eigenvalue weighted by Gasteiger charge is -2.33. The topological polar surface area (TPSA) is 82.4 Å². The van der Waals surface area contributed by atoms with Crippen molar-refractivity contribution < 1.29 is 14.3 Å². The molecule has 1 aromatic carbocycles. The van der Waals surface area contributed by atoms with Crippen LogP contribution in [0.4, 0.5) is 11.4 Å². The third-order valence-electron chi connectivity index (χ3n) is 4.06. The van der Waals surface area contributed by atoms with Gasteiger partial charge in [0.1, 0.15) is 6.42 Å². The van der Waals surface area contributed by atoms with Gasteiger partial charge in [-0.2, -0.15) is 5.26 Å². The van der Waals surface area contributed by atoms with Crippen LogP contribution in [0.25, 0.3) is 0 Å². The SMILES string of the molecule is COC(=O)c1ccc(N2CCC(C)CC2)c(NC(=O)CC#N)c1. The van der Waals surface area contributed by atoms with Crippen molar-refractivity contribution in [2.24, 2.45) is 5.92 Å². The van der Waals surface area contributed by atoms with Crippen LogP contribution >= 0.6 is 0 Å². The predicted octanol–water partition coefficient (Wildman–Crippen LogP) is 2.56. The molecule has 6 heteroatoms. The van der Waals surface area contributed by atoms with Crippen molar-refractivity contribution in [3.05, 3.63) is 23.8 Å². The summed E-state index contributed by atoms with van der Waals surface area (Å²) in [6, 6.07) is 6.95. The van der Waals surface area contributed by atoms with Crippen molar-refractivity contribution in [3.63, 3.8) is 0 Å². The summed E-state index contributed by atoms with van der Waals surface area (Å²) in [6.07, 6.45) is 1.95. The number of hydrogen-bond donors (Lipinski definition) is 1. The normalized spacial score (nSPS) is 14.9. The van der Waals surface area contributed by atoms with Gasteiger partial charge in [-0.1, -0.05) is 6.92 Å². The minimum Gasteiger partial charge on any atom is -0.465 e. The summed E-state index contributed by atoms with van der Waals surface area (Å²) < 4.78 is 4.73. The third kappa shape index (κ3) is 4.22. The molecule has 1 aromatic rings. The number of benzene rings is 1. The van der Waals surface area contributed by atoms with Gasteiger partial charge in [0, 0.05) is 13.1 Å². The molecule has 0 aromatic heterocycles. The molecule has 23 heavy (non-hydrogen) atoms. The van der Waals surface area contributed by atoms with Crippen LogP contribution in [0.1, 0.15) is 36.5 Å². The number of rotatable bonds is 4. The van der Waals surface area contributed by atoms with Crippen LogP contribution in [-0.4, -0.2) is 32.1 Å². The van der Waals surface area contributed by atoms with Crippen LogP contribution in [0.3, 0.4) is 0 Å². The van der Waals surface area contributed by atoms with Crippen molar-refractivity contribution >= 4 is 23.3 Å². The fourth-order valence-corrected chi connectivity index (χ4v) is 2.67. The van der Waals surface area contributed by atoms with E-state index in [1.54, 1.807) is 12.1 Å². The number of nitrogens with one attached hydrogen (secondary N) is 1. The number of esters is 1. The Hall–Kier alpha value is -2.55. The lowest BCUT2D eigenvalue weighted by atomic mass is 9.98. The van der Waals surface area contributed by atoms with E-state index in [-0.39, 0.29) is 12.3 Å². The standard InChI is InChI=1S/C17H21N3O3/c1-12-6-9-20(10-7-12)15-4-3-13(17(22)23-2)11-14(15)19-16(21)5-8-18/h3-4,11-12H,5-7,9-10H2,1-2H3,(H,19,21). The van der Waals surface area contributed by atoms with E-state index in [4.69, 9.17) is 10.00 Å². The summed E-state index contributed by atoms with van der Waals surface area (Å²) in [7, 11) is 1.32. The van der Waals surface area contributed by atoms with Gasteiger partial charge in [0.05, 0.1) is 30.1 Å². The van der Waals surface area contributed by atoms with E-state index in [9.17, 15) is 9.59 Å². The molecular formula is C17H21N3O3. The Labute approximate surface area is 136 Å². The first-order chi connectivity index (χ1) is 11.0. The lowest BCUT2D eigenvalue weighted by Crippen LogP contribution is -2.33. The Morgan fingerprint density at radius 3 is 2.70 bits per heavy atom. The lowest BCUT2D eigenvalue weighted by molar-refractivity contribution is -0.115. The van der Waals surface area contributed by atoms with E-state index in [2.05, 4.69) is 17.1 Å². The minimum absolute atomic E-state index is 0.223. The van der Waals surface area contributed by atoms with Crippen molar-refractivity contribution in [3.8, 4) is 6.07 Å². The van der Waals surface area contributed by atoms with Crippen LogP contribution in [0.5, 0.6) is 0 Å². The van der Waals surface area contributed by atoms with Crippen molar-refractivity contribution in [1.29, 1.82) is 5.26 Å². The van der Waals surface area contributed by atoms with E-state index in [0.717, 1.165) is 31.6 Å². The highest BCUT2D eigenvalue weighted by Crippen LogP contribution is 2.31. The molecule has 2 rings (SSSR count). The van der Waals surface area contributed by atoms with E-state index in [1.807, 2.05) is 12.1 Å². The fraction of sp³-hybridized carbons (Fsp3) is 0.471. The Balaban J connectivity index is 2.30. The van der Waals surface area contributed by atoms with Gasteiger partial charge < -0.3 is 15.0 Å². The highest BCUT2D eigenvalue weighted by atomic mass is 16.5. The van der Waals surface area contributed by atoms with Gasteiger partial charge in [0.2, 0.25) is 5.91 Å². The number of carbonyl (C=O) groups excluding carboxylic acids is 2. The van der Waals surface area contributed by atoms with E-state index in [1.165, 1.54) is 7.11 Å². The molecule has 122 valence electrons. The summed E-state index contributed by atoms with van der Waals surface area (Å²) in [5, 5.41) is 11.4. The first kappa shape index (κ1) is 16.8. The van der Waals surface area contributed by atoms with E-state index in [0.29, 0.717) is 17.2 Å². The molecule has 1 aliphatic rings. The second-order valence-corrected chi connectivity index (χ2v) is 5.78. The number of methoxy groups -OCH3 is 1. The molecule has 0 unspecified atom stereocenters. The number of ether oxygens (including phenoxy) is 1. The summed E-state index contributed by atoms with van der Waals surface area (Å²) in [4.78, 5) is 25.7. The fourth-order valence-electron chi connectivity index (χ4n) is 2.67. The molecule has 0 atom stereocenters. The smallest absolute Gasteiger partial charge is 0.337 e. The Bertz CT molecular complexity index is 628. The Morgan fingerprint density at radius 2 is 2.09 bits per heavy atom. The van der Waals surface area contributed by atoms with Crippen molar-refractivity contribution in [2.75, 3.05) is 30.4 Å². The molecule has 1 heterocycles. The summed E-state index contributed by atoms with van der Waals surface area (Å²) >= 11 is 0. The van der Waals surface area contributed by atoms with Gasteiger partial charge >= 0.3 is 5.97 Å². The van der Waals surface area contributed by atoms with Crippen LogP contribution in [0.2, 0.25) is 0 Å². The van der Waals surface area contributed by atoms with Gasteiger partial charge in [0.15, 0.2) is 0 Å². The predicted molar refractivity (Wildman–Crippen MR) is 87.3 cm³/mol. The second-order valence-electron chi connectivity index (χ2n) is 5.78. The van der Waals surface area contributed by atoms with Gasteiger partial charge in [-0.25, -0.2) is 4.79 Å². The molecule has 1 N–H and O–H groups in total. The zero-order valence-corrected chi connectivity index (χ0v) is 13.5. The zero-order chi connectivity index (χ0) is 16.8. The molecule has 1 saturated heterocycles. The maximum atomic E-state index is 11.8. The van der Waals surface area contributed by atoms with Crippen LogP contribution < -0.4 is 10.2 Å². The quantitative estimate of drug-likeness (QED) is 0.863. The maximum absolute atomic E-state index is 11.8. The number of piperidine rings is 1. The third-order valence-corrected chi connectivity index (χ3v) is 4.06. The van der Waals surface area contributed by atoms with Crippen molar-refractivity contribution in [2.45, 2.75) is 26.2 Å². The van der Waals surface area contributed by atoms with Crippen molar-refractivity contribution in [1.82, 2.24) is 0 Å². The molecule has 1 fully saturated rings. The maximum Gasteiger partial charge on any atom is 0.337 e. The van der Waals surface area contributed by atoms with Crippen LogP contribution in [-0.2, 0) is 9.53 Å². The summed E-state index contributed by atoms with van der Waals surface area (Å²) in [5.74, 6) is -0.155. The molecule has 0 saturated carbocycles. The number of carbonyl (C=O) groups is 2. The molecule has 0 aliphatic carbocycles. The van der Waals surface area contributed by atoms with Gasteiger partial charge in [-0.05, 0) is 37.0 Å². The van der Waals surface area contributed by atoms with Gasteiger partial charge in [-0.15, -0.1) is 0 Å². The Morgan fingerprint density at radius 1 is 1.39 bits per heavy atom. The number of amides is 1. The van der Waals surface area contributed by atoms with Crippen LogP contribution in [0.15, 0.2) is 18.2 Å². The largest absolute Gasteiger partial charge is 0.465 e. The van der Waals surface area contributed by atoms with E-state index >= 15 is 0 Å². The average Bonchev–Trinajstić information content (AvgIpc) is 2.55. The summed E-state index contributed by atoms with van der Waals surface area (Å²) in [6.45, 7) is 4.03. The first-order valence-corrected chi connectivity index (χ1v) is 7.69. The molecule has 0 spiro atoms. The Kier molecular flexibility index (Phi) is 5.58. The van der Waals surface area contributed by atoms with Gasteiger partial charge in [-0.3, -0.25) is 4.79 Å². The number of nitriles is 1. The second kappa shape index (κ2) is 7.63. The zero-order valence-electron chi connectivity index (χ0n) is 13.5. The molecule has 1 amide bonds. The molecule has 1 aliphatic heterocycles. The molecule has 0 bridgehead atoms. The number of hydrogen-bond acceptors (Lipinski definition) is 5. The number of anilines is 2. The average molecular weight is 315 g/mol. The highest BCUT2D eigenvalue weighted by molar-refractivity contribution is 5.98. The van der Waals surface area contributed by atoms with E-state index < -0.39 is 5.97 Å². The molecule has 0 radical (unpaired) electrons. The highest BCUT2D eigenvalue weighted by Gasteiger charge is 2.20. The number of nitrogens with zero attached hydrogens (tertiary/aromatic N) is 2. The molecular weight excluding hydrogens is 294 g/mol. The monoisotopic (exact) mass is 315 g/mol. The molecule has 6 nitrogen and oxygen atoms in total. The summed E-state index contributed by atoms with van der Waals surface area (Å²) in [5.41, 5.74) is 1.78.